The molecule has 0 bridgehead atoms. The van der Waals surface area contributed by atoms with Crippen LogP contribution in [-0.4, -0.2) is 52.4 Å². The summed E-state index contributed by atoms with van der Waals surface area (Å²) in [5.74, 6) is 0.246. The number of aliphatic hydroxyl groups excluding tert-OH is 1. The molecule has 1 aromatic heterocycles. The molecule has 2 heterocycles. The van der Waals surface area contributed by atoms with Gasteiger partial charge in [-0.3, -0.25) is 10.1 Å². The first-order valence-corrected chi connectivity index (χ1v) is 6.64. The third-order valence-corrected chi connectivity index (χ3v) is 3.29. The molecule has 0 aliphatic carbocycles. The Morgan fingerprint density at radius 1 is 1.55 bits per heavy atom. The van der Waals surface area contributed by atoms with E-state index in [-0.39, 0.29) is 29.5 Å². The zero-order valence-corrected chi connectivity index (χ0v) is 11.5. The maximum absolute atomic E-state index is 11.0. The second kappa shape index (κ2) is 6.78. The molecule has 1 fully saturated rings. The van der Waals surface area contributed by atoms with Gasteiger partial charge in [0.15, 0.2) is 0 Å². The van der Waals surface area contributed by atoms with E-state index in [2.05, 4.69) is 9.97 Å². The van der Waals surface area contributed by atoms with Gasteiger partial charge in [0, 0.05) is 13.1 Å². The molecule has 0 aromatic carbocycles. The van der Waals surface area contributed by atoms with Crippen LogP contribution in [0.4, 0.5) is 11.5 Å². The third kappa shape index (κ3) is 3.53. The van der Waals surface area contributed by atoms with Crippen molar-refractivity contribution in [3.63, 3.8) is 0 Å². The van der Waals surface area contributed by atoms with Crippen molar-refractivity contribution in [2.24, 2.45) is 0 Å². The number of nitrogens with zero attached hydrogens (tertiary/aromatic N) is 4. The van der Waals surface area contributed by atoms with Gasteiger partial charge in [0.05, 0.1) is 24.2 Å². The molecular weight excluding hydrogens is 288 g/mol. The second-order valence-electron chi connectivity index (χ2n) is 4.39. The predicted octanol–water partition coefficient (Wildman–Crippen LogP) is 1.02. The van der Waals surface area contributed by atoms with E-state index < -0.39 is 4.92 Å². The van der Waals surface area contributed by atoms with E-state index in [1.54, 1.807) is 0 Å². The monoisotopic (exact) mass is 302 g/mol. The minimum absolute atomic E-state index is 0.00674. The molecule has 1 aliphatic heterocycles. The van der Waals surface area contributed by atoms with Crippen molar-refractivity contribution in [2.45, 2.75) is 18.9 Å². The highest BCUT2D eigenvalue weighted by molar-refractivity contribution is 6.28. The molecule has 8 nitrogen and oxygen atoms in total. The van der Waals surface area contributed by atoms with Crippen molar-refractivity contribution in [3.8, 4) is 0 Å². The van der Waals surface area contributed by atoms with Crippen LogP contribution < -0.4 is 4.90 Å². The zero-order valence-electron chi connectivity index (χ0n) is 10.7. The average molecular weight is 303 g/mol. The minimum Gasteiger partial charge on any atom is -0.394 e. The highest BCUT2D eigenvalue weighted by Gasteiger charge is 2.27. The van der Waals surface area contributed by atoms with Crippen LogP contribution in [0.5, 0.6) is 0 Å². The summed E-state index contributed by atoms with van der Waals surface area (Å²) in [6.07, 6.45) is 2.63. The third-order valence-electron chi connectivity index (χ3n) is 3.10. The Morgan fingerprint density at radius 3 is 2.85 bits per heavy atom. The molecule has 0 spiro atoms. The molecule has 2 rings (SSSR count). The molecule has 1 aromatic rings. The lowest BCUT2D eigenvalue weighted by molar-refractivity contribution is -0.384. The van der Waals surface area contributed by atoms with Crippen LogP contribution in [0, 0.1) is 10.1 Å². The molecule has 0 unspecified atom stereocenters. The van der Waals surface area contributed by atoms with Gasteiger partial charge >= 0.3 is 5.69 Å². The summed E-state index contributed by atoms with van der Waals surface area (Å²) in [5.41, 5.74) is -0.149. The van der Waals surface area contributed by atoms with Crippen molar-refractivity contribution < 1.29 is 14.8 Å². The fourth-order valence-corrected chi connectivity index (χ4v) is 2.29. The number of aromatic nitrogens is 2. The topological polar surface area (TPSA) is 102 Å². The number of rotatable bonds is 5. The van der Waals surface area contributed by atoms with E-state index in [0.29, 0.717) is 19.7 Å². The van der Waals surface area contributed by atoms with Crippen LogP contribution in [0.2, 0.25) is 5.28 Å². The largest absolute Gasteiger partial charge is 0.394 e. The number of aliphatic hydroxyl groups is 1. The number of ether oxygens (including phenoxy) is 1. The predicted molar refractivity (Wildman–Crippen MR) is 72.0 cm³/mol. The molecule has 1 N–H and O–H groups in total. The summed E-state index contributed by atoms with van der Waals surface area (Å²) in [6.45, 7) is 1.48. The van der Waals surface area contributed by atoms with E-state index >= 15 is 0 Å². The van der Waals surface area contributed by atoms with Crippen LogP contribution in [0.3, 0.4) is 0 Å². The van der Waals surface area contributed by atoms with Gasteiger partial charge in [0.2, 0.25) is 11.1 Å². The number of hydrogen-bond acceptors (Lipinski definition) is 7. The number of piperidine rings is 1. The number of halogens is 1. The molecular formula is C11H15ClN4O4. The molecule has 0 amide bonds. The summed E-state index contributed by atoms with van der Waals surface area (Å²) in [4.78, 5) is 19.9. The van der Waals surface area contributed by atoms with Gasteiger partial charge in [-0.2, -0.15) is 4.98 Å². The highest BCUT2D eigenvalue weighted by Crippen LogP contribution is 2.28. The Morgan fingerprint density at radius 2 is 2.25 bits per heavy atom. The van der Waals surface area contributed by atoms with E-state index in [9.17, 15) is 10.1 Å². The fourth-order valence-electron chi connectivity index (χ4n) is 2.16. The summed E-state index contributed by atoms with van der Waals surface area (Å²) in [5, 5.41) is 19.7. The summed E-state index contributed by atoms with van der Waals surface area (Å²) >= 11 is 5.71. The molecule has 110 valence electrons. The number of anilines is 1. The van der Waals surface area contributed by atoms with Crippen LogP contribution >= 0.6 is 11.6 Å². The Labute approximate surface area is 120 Å². The lowest BCUT2D eigenvalue weighted by Gasteiger charge is -2.32. The van der Waals surface area contributed by atoms with Crippen molar-refractivity contribution in [3.05, 3.63) is 21.6 Å². The molecule has 1 saturated heterocycles. The number of nitro groups is 1. The first kappa shape index (κ1) is 14.9. The SMILES string of the molecule is O=[N+]([O-])c1cnc(Cl)nc1N1CCC(OCCO)CC1. The van der Waals surface area contributed by atoms with Gasteiger partial charge in [-0.15, -0.1) is 0 Å². The molecule has 0 radical (unpaired) electrons. The summed E-state index contributed by atoms with van der Waals surface area (Å²) in [6, 6.07) is 0. The Kier molecular flexibility index (Phi) is 5.05. The zero-order chi connectivity index (χ0) is 14.5. The molecule has 9 heteroatoms. The van der Waals surface area contributed by atoms with E-state index in [0.717, 1.165) is 19.0 Å². The van der Waals surface area contributed by atoms with Crippen LogP contribution in [0.15, 0.2) is 6.20 Å². The highest BCUT2D eigenvalue weighted by atomic mass is 35.5. The Hall–Kier alpha value is -1.51. The molecule has 0 atom stereocenters. The van der Waals surface area contributed by atoms with Crippen molar-refractivity contribution in [1.82, 2.24) is 9.97 Å². The van der Waals surface area contributed by atoms with Gasteiger partial charge < -0.3 is 14.7 Å². The van der Waals surface area contributed by atoms with Crippen molar-refractivity contribution in [2.75, 3.05) is 31.2 Å². The first-order chi connectivity index (χ1) is 9.61. The lowest BCUT2D eigenvalue weighted by atomic mass is 10.1. The first-order valence-electron chi connectivity index (χ1n) is 6.26. The van der Waals surface area contributed by atoms with Gasteiger partial charge in [0.1, 0.15) is 6.20 Å². The lowest BCUT2D eigenvalue weighted by Crippen LogP contribution is -2.38. The second-order valence-corrected chi connectivity index (χ2v) is 4.72. The van der Waals surface area contributed by atoms with Crippen molar-refractivity contribution in [1.29, 1.82) is 0 Å². The molecule has 20 heavy (non-hydrogen) atoms. The normalized spacial score (nSPS) is 16.4. The van der Waals surface area contributed by atoms with E-state index in [4.69, 9.17) is 21.4 Å². The van der Waals surface area contributed by atoms with E-state index in [1.807, 2.05) is 4.90 Å². The minimum atomic E-state index is -0.514. The smallest absolute Gasteiger partial charge is 0.329 e. The maximum atomic E-state index is 11.0. The van der Waals surface area contributed by atoms with E-state index in [1.165, 1.54) is 0 Å². The van der Waals surface area contributed by atoms with Crippen LogP contribution in [0.25, 0.3) is 0 Å². The fraction of sp³-hybridized carbons (Fsp3) is 0.636. The average Bonchev–Trinajstić information content (AvgIpc) is 2.45. The molecule has 0 saturated carbocycles. The van der Waals surface area contributed by atoms with Gasteiger partial charge in [-0.1, -0.05) is 0 Å². The molecule has 1 aliphatic rings. The Balaban J connectivity index is 2.06. The van der Waals surface area contributed by atoms with Crippen molar-refractivity contribution >= 4 is 23.1 Å². The Bertz CT molecular complexity index is 479. The number of hydrogen-bond donors (Lipinski definition) is 1. The van der Waals surface area contributed by atoms with Gasteiger partial charge in [-0.05, 0) is 24.4 Å². The van der Waals surface area contributed by atoms with Crippen LogP contribution in [-0.2, 0) is 4.74 Å². The summed E-state index contributed by atoms with van der Waals surface area (Å²) < 4.78 is 5.45. The standard InChI is InChI=1S/C11H15ClN4O4/c12-11-13-7-9(16(18)19)10(14-11)15-3-1-8(2-4-15)20-6-5-17/h7-8,17H,1-6H2. The van der Waals surface area contributed by atoms with Gasteiger partial charge in [0.25, 0.3) is 0 Å². The van der Waals surface area contributed by atoms with Gasteiger partial charge in [-0.25, -0.2) is 4.98 Å². The van der Waals surface area contributed by atoms with Crippen LogP contribution in [0.1, 0.15) is 12.8 Å². The maximum Gasteiger partial charge on any atom is 0.329 e. The quantitative estimate of drug-likeness (QED) is 0.492. The summed E-state index contributed by atoms with van der Waals surface area (Å²) in [7, 11) is 0.